The Labute approximate surface area is 106 Å². The summed E-state index contributed by atoms with van der Waals surface area (Å²) in [5, 5.41) is 8.95. The average molecular weight is 277 g/mol. The molecule has 104 valence electrons. The molecule has 1 aliphatic heterocycles. The topological polar surface area (TPSA) is 94.9 Å². The van der Waals surface area contributed by atoms with Crippen molar-refractivity contribution in [1.82, 2.24) is 4.90 Å². The minimum absolute atomic E-state index is 0.126. The predicted molar refractivity (Wildman–Crippen MR) is 66.8 cm³/mol. The lowest BCUT2D eigenvalue weighted by Crippen LogP contribution is -2.41. The number of carbonyl (C=O) groups is 2. The SMILES string of the molecule is CCCCP(=O)(O)CC(=O)N1CCC[C@H]1C(=O)O. The Balaban J connectivity index is 2.59. The van der Waals surface area contributed by atoms with Crippen LogP contribution in [-0.2, 0) is 14.2 Å². The summed E-state index contributed by atoms with van der Waals surface area (Å²) in [7, 11) is -3.46. The van der Waals surface area contributed by atoms with E-state index in [0.29, 0.717) is 25.8 Å². The highest BCUT2D eigenvalue weighted by Gasteiger charge is 2.36. The predicted octanol–water partition coefficient (Wildman–Crippen LogP) is 1.13. The van der Waals surface area contributed by atoms with Crippen molar-refractivity contribution in [3.05, 3.63) is 0 Å². The first-order valence-electron chi connectivity index (χ1n) is 6.20. The van der Waals surface area contributed by atoms with E-state index in [1.165, 1.54) is 4.90 Å². The molecule has 1 aliphatic rings. The molecule has 0 aliphatic carbocycles. The van der Waals surface area contributed by atoms with Crippen molar-refractivity contribution in [1.29, 1.82) is 0 Å². The average Bonchev–Trinajstić information content (AvgIpc) is 2.74. The first-order chi connectivity index (χ1) is 8.37. The number of carboxylic acids is 1. The van der Waals surface area contributed by atoms with Gasteiger partial charge < -0.3 is 14.9 Å². The molecule has 0 aromatic carbocycles. The second-order valence-corrected chi connectivity index (χ2v) is 7.12. The first kappa shape index (κ1) is 15.2. The Hall–Kier alpha value is -0.870. The number of unbranched alkanes of at least 4 members (excludes halogenated alkanes) is 1. The first-order valence-corrected chi connectivity index (χ1v) is 8.23. The van der Waals surface area contributed by atoms with Gasteiger partial charge in [0, 0.05) is 12.7 Å². The minimum Gasteiger partial charge on any atom is -0.480 e. The molecule has 7 heteroatoms. The van der Waals surface area contributed by atoms with Crippen LogP contribution in [-0.4, -0.2) is 51.7 Å². The van der Waals surface area contributed by atoms with Crippen LogP contribution in [0.1, 0.15) is 32.6 Å². The number of carboxylic acid groups (broad SMARTS) is 1. The Morgan fingerprint density at radius 3 is 2.67 bits per heavy atom. The van der Waals surface area contributed by atoms with Gasteiger partial charge in [-0.15, -0.1) is 0 Å². The van der Waals surface area contributed by atoms with E-state index in [1.54, 1.807) is 0 Å². The van der Waals surface area contributed by atoms with E-state index >= 15 is 0 Å². The Kier molecular flexibility index (Phi) is 5.35. The number of hydrogen-bond acceptors (Lipinski definition) is 3. The molecule has 1 heterocycles. The molecule has 1 rings (SSSR count). The van der Waals surface area contributed by atoms with Gasteiger partial charge in [0.1, 0.15) is 12.2 Å². The zero-order valence-corrected chi connectivity index (χ0v) is 11.4. The fourth-order valence-corrected chi connectivity index (χ4v) is 3.68. The van der Waals surface area contributed by atoms with Crippen LogP contribution in [0.5, 0.6) is 0 Å². The number of aliphatic carboxylic acids is 1. The van der Waals surface area contributed by atoms with Crippen molar-refractivity contribution < 1.29 is 24.2 Å². The highest BCUT2D eigenvalue weighted by atomic mass is 31.2. The Bertz CT molecular complexity index is 370. The third-order valence-corrected chi connectivity index (χ3v) is 4.88. The van der Waals surface area contributed by atoms with Crippen molar-refractivity contribution in [3.8, 4) is 0 Å². The molecule has 6 nitrogen and oxygen atoms in total. The molecule has 0 aromatic heterocycles. The van der Waals surface area contributed by atoms with Gasteiger partial charge in [-0.1, -0.05) is 13.3 Å². The normalized spacial score (nSPS) is 22.8. The van der Waals surface area contributed by atoms with Crippen LogP contribution in [0.15, 0.2) is 0 Å². The van der Waals surface area contributed by atoms with Gasteiger partial charge in [0.05, 0.1) is 0 Å². The van der Waals surface area contributed by atoms with Crippen molar-refractivity contribution in [2.24, 2.45) is 0 Å². The highest BCUT2D eigenvalue weighted by molar-refractivity contribution is 7.58. The van der Waals surface area contributed by atoms with Crippen LogP contribution in [0.3, 0.4) is 0 Å². The summed E-state index contributed by atoms with van der Waals surface area (Å²) in [5.41, 5.74) is 0. The van der Waals surface area contributed by atoms with E-state index in [1.807, 2.05) is 6.92 Å². The van der Waals surface area contributed by atoms with Crippen LogP contribution in [0.2, 0.25) is 0 Å². The number of amides is 1. The molecule has 2 N–H and O–H groups in total. The third-order valence-electron chi connectivity index (χ3n) is 3.10. The van der Waals surface area contributed by atoms with Gasteiger partial charge in [-0.05, 0) is 19.3 Å². The van der Waals surface area contributed by atoms with E-state index in [4.69, 9.17) is 5.11 Å². The summed E-state index contributed by atoms with van der Waals surface area (Å²) < 4.78 is 11.8. The lowest BCUT2D eigenvalue weighted by Gasteiger charge is -2.22. The standard InChI is InChI=1S/C11H20NO5P/c1-2-3-7-18(16,17)8-10(13)12-6-4-5-9(12)11(14)15/h9H,2-8H2,1H3,(H,14,15)(H,16,17)/t9-/m0/s1. The van der Waals surface area contributed by atoms with Crippen molar-refractivity contribution in [3.63, 3.8) is 0 Å². The molecule has 1 amide bonds. The van der Waals surface area contributed by atoms with Gasteiger partial charge in [0.2, 0.25) is 13.3 Å². The Morgan fingerprint density at radius 1 is 1.44 bits per heavy atom. The van der Waals surface area contributed by atoms with Crippen LogP contribution < -0.4 is 0 Å². The maximum absolute atomic E-state index is 11.9. The maximum Gasteiger partial charge on any atom is 0.326 e. The van der Waals surface area contributed by atoms with Crippen molar-refractivity contribution in [2.45, 2.75) is 38.6 Å². The number of rotatable bonds is 6. The monoisotopic (exact) mass is 277 g/mol. The highest BCUT2D eigenvalue weighted by Crippen LogP contribution is 2.41. The van der Waals surface area contributed by atoms with Crippen LogP contribution in [0, 0.1) is 0 Å². The summed E-state index contributed by atoms with van der Waals surface area (Å²) in [6.07, 6.45) is 2.14. The molecule has 0 saturated carbocycles. The summed E-state index contributed by atoms with van der Waals surface area (Å²) in [5.74, 6) is -1.55. The van der Waals surface area contributed by atoms with Crippen LogP contribution in [0.4, 0.5) is 0 Å². The van der Waals surface area contributed by atoms with Gasteiger partial charge in [0.15, 0.2) is 0 Å². The van der Waals surface area contributed by atoms with Crippen molar-refractivity contribution >= 4 is 19.2 Å². The number of carbonyl (C=O) groups excluding carboxylic acids is 1. The molecule has 18 heavy (non-hydrogen) atoms. The third kappa shape index (κ3) is 4.10. The van der Waals surface area contributed by atoms with E-state index in [9.17, 15) is 19.0 Å². The molecular weight excluding hydrogens is 257 g/mol. The molecule has 1 saturated heterocycles. The maximum atomic E-state index is 11.9. The van der Waals surface area contributed by atoms with E-state index in [2.05, 4.69) is 0 Å². The summed E-state index contributed by atoms with van der Waals surface area (Å²) in [6.45, 7) is 2.27. The number of nitrogens with zero attached hydrogens (tertiary/aromatic N) is 1. The second-order valence-electron chi connectivity index (χ2n) is 4.66. The van der Waals surface area contributed by atoms with E-state index < -0.39 is 31.4 Å². The van der Waals surface area contributed by atoms with Crippen LogP contribution in [0.25, 0.3) is 0 Å². The smallest absolute Gasteiger partial charge is 0.326 e. The molecule has 0 spiro atoms. The van der Waals surface area contributed by atoms with Crippen molar-refractivity contribution in [2.75, 3.05) is 18.9 Å². The fraction of sp³-hybridized carbons (Fsp3) is 0.818. The molecule has 1 unspecified atom stereocenters. The molecule has 0 aromatic rings. The largest absolute Gasteiger partial charge is 0.480 e. The second kappa shape index (κ2) is 6.34. The Morgan fingerprint density at radius 2 is 2.11 bits per heavy atom. The number of hydrogen-bond donors (Lipinski definition) is 2. The molecule has 1 fully saturated rings. The quantitative estimate of drug-likeness (QED) is 0.710. The van der Waals surface area contributed by atoms with Gasteiger partial charge in [-0.3, -0.25) is 9.36 Å². The molecule has 0 radical (unpaired) electrons. The minimum atomic E-state index is -3.46. The zero-order valence-electron chi connectivity index (χ0n) is 10.5. The summed E-state index contributed by atoms with van der Waals surface area (Å²) >= 11 is 0. The van der Waals surface area contributed by atoms with E-state index in [-0.39, 0.29) is 6.16 Å². The summed E-state index contributed by atoms with van der Waals surface area (Å²) in [6, 6.07) is -0.830. The van der Waals surface area contributed by atoms with Gasteiger partial charge in [0.25, 0.3) is 0 Å². The van der Waals surface area contributed by atoms with Gasteiger partial charge in [-0.2, -0.15) is 0 Å². The summed E-state index contributed by atoms with van der Waals surface area (Å²) in [4.78, 5) is 33.7. The molecular formula is C11H20NO5P. The molecule has 2 atom stereocenters. The van der Waals surface area contributed by atoms with Crippen LogP contribution >= 0.6 is 7.37 Å². The molecule has 0 bridgehead atoms. The van der Waals surface area contributed by atoms with E-state index in [0.717, 1.165) is 6.42 Å². The fourth-order valence-electron chi connectivity index (χ4n) is 2.11. The lowest BCUT2D eigenvalue weighted by atomic mass is 10.2. The van der Waals surface area contributed by atoms with Gasteiger partial charge in [-0.25, -0.2) is 4.79 Å². The zero-order chi connectivity index (χ0) is 13.8. The van der Waals surface area contributed by atoms with Gasteiger partial charge >= 0.3 is 5.97 Å². The number of likely N-dealkylation sites (tertiary alicyclic amines) is 1. The lowest BCUT2D eigenvalue weighted by molar-refractivity contribution is -0.147.